The number of fused-ring (bicyclic) bond motifs is 1. The Balaban J connectivity index is 1.89. The van der Waals surface area contributed by atoms with Crippen LogP contribution < -0.4 is 4.90 Å². The molecule has 1 aliphatic rings. The fraction of sp³-hybridized carbons (Fsp3) is 0.526. The first-order chi connectivity index (χ1) is 12.9. The molecule has 0 amide bonds. The summed E-state index contributed by atoms with van der Waals surface area (Å²) in [6.45, 7) is 9.23. The van der Waals surface area contributed by atoms with E-state index >= 15 is 0 Å². The van der Waals surface area contributed by atoms with Crippen LogP contribution in [0.1, 0.15) is 50.7 Å². The molecule has 0 aliphatic carbocycles. The molecule has 8 nitrogen and oxygen atoms in total. The van der Waals surface area contributed by atoms with Gasteiger partial charge in [0.15, 0.2) is 11.5 Å². The standard InChI is InChI=1S/C19H24N8/c1-12-10-22-25-14(12)8-15-23-17-16(27(11-21-17)19(2,3)4)18(24-15)26-7-5-6-13(26)9-20/h10-11,13H,5-8H2,1-4H3,(H,22,25)/t13-/m1/s1. The van der Waals surface area contributed by atoms with Gasteiger partial charge in [-0.05, 0) is 46.1 Å². The van der Waals surface area contributed by atoms with Crippen LogP contribution in [0, 0.1) is 18.3 Å². The first-order valence-corrected chi connectivity index (χ1v) is 9.28. The maximum absolute atomic E-state index is 9.59. The van der Waals surface area contributed by atoms with Gasteiger partial charge >= 0.3 is 0 Å². The molecule has 0 unspecified atom stereocenters. The summed E-state index contributed by atoms with van der Waals surface area (Å²) in [6.07, 6.45) is 6.03. The Kier molecular flexibility index (Phi) is 4.10. The molecule has 140 valence electrons. The number of imidazole rings is 1. The van der Waals surface area contributed by atoms with Crippen molar-refractivity contribution in [2.24, 2.45) is 0 Å². The lowest BCUT2D eigenvalue weighted by molar-refractivity contribution is 0.408. The van der Waals surface area contributed by atoms with Crippen molar-refractivity contribution >= 4 is 17.0 Å². The number of rotatable bonds is 3. The van der Waals surface area contributed by atoms with Gasteiger partial charge < -0.3 is 9.47 Å². The summed E-state index contributed by atoms with van der Waals surface area (Å²) in [7, 11) is 0. The van der Waals surface area contributed by atoms with Crippen molar-refractivity contribution in [2.75, 3.05) is 11.4 Å². The van der Waals surface area contributed by atoms with Crippen molar-refractivity contribution in [1.29, 1.82) is 5.26 Å². The zero-order chi connectivity index (χ0) is 19.2. The van der Waals surface area contributed by atoms with E-state index in [9.17, 15) is 5.26 Å². The number of nitrogens with one attached hydrogen (secondary N) is 1. The molecule has 1 aliphatic heterocycles. The van der Waals surface area contributed by atoms with Crippen LogP contribution in [0.15, 0.2) is 12.5 Å². The first kappa shape index (κ1) is 17.5. The fourth-order valence-corrected chi connectivity index (χ4v) is 3.60. The van der Waals surface area contributed by atoms with Crippen LogP contribution in [0.25, 0.3) is 11.2 Å². The quantitative estimate of drug-likeness (QED) is 0.767. The van der Waals surface area contributed by atoms with E-state index in [2.05, 4.69) is 51.5 Å². The molecule has 1 atom stereocenters. The molecule has 3 aromatic heterocycles. The minimum absolute atomic E-state index is 0.157. The zero-order valence-electron chi connectivity index (χ0n) is 16.2. The number of nitriles is 1. The van der Waals surface area contributed by atoms with Crippen LogP contribution in [0.5, 0.6) is 0 Å². The molecule has 0 aromatic carbocycles. The molecule has 0 spiro atoms. The minimum Gasteiger partial charge on any atom is -0.339 e. The highest BCUT2D eigenvalue weighted by atomic mass is 15.3. The summed E-state index contributed by atoms with van der Waals surface area (Å²) in [6, 6.07) is 2.26. The molecule has 1 fully saturated rings. The third-order valence-electron chi connectivity index (χ3n) is 5.10. The van der Waals surface area contributed by atoms with Crippen molar-refractivity contribution in [3.8, 4) is 6.07 Å². The lowest BCUT2D eigenvalue weighted by Gasteiger charge is -2.26. The van der Waals surface area contributed by atoms with Crippen molar-refractivity contribution in [1.82, 2.24) is 29.7 Å². The van der Waals surface area contributed by atoms with E-state index in [1.165, 1.54) is 0 Å². The Morgan fingerprint density at radius 1 is 1.33 bits per heavy atom. The van der Waals surface area contributed by atoms with Crippen molar-refractivity contribution in [2.45, 2.75) is 58.5 Å². The minimum atomic E-state index is -0.159. The molecule has 0 bridgehead atoms. The van der Waals surface area contributed by atoms with Crippen molar-refractivity contribution < 1.29 is 0 Å². The number of H-pyrrole nitrogens is 1. The van der Waals surface area contributed by atoms with Crippen LogP contribution in [-0.2, 0) is 12.0 Å². The van der Waals surface area contributed by atoms with Gasteiger partial charge in [0.1, 0.15) is 17.4 Å². The normalized spacial score (nSPS) is 17.6. The summed E-state index contributed by atoms with van der Waals surface area (Å²) in [5.74, 6) is 1.50. The number of aryl methyl sites for hydroxylation is 1. The Morgan fingerprint density at radius 3 is 2.81 bits per heavy atom. The molecule has 27 heavy (non-hydrogen) atoms. The highest BCUT2D eigenvalue weighted by Gasteiger charge is 2.30. The maximum Gasteiger partial charge on any atom is 0.183 e. The number of anilines is 1. The van der Waals surface area contributed by atoms with Crippen LogP contribution in [-0.4, -0.2) is 42.3 Å². The lowest BCUT2D eigenvalue weighted by atomic mass is 10.1. The van der Waals surface area contributed by atoms with E-state index in [4.69, 9.17) is 9.97 Å². The van der Waals surface area contributed by atoms with Gasteiger partial charge in [0.05, 0.1) is 18.6 Å². The van der Waals surface area contributed by atoms with Gasteiger partial charge in [0.25, 0.3) is 0 Å². The largest absolute Gasteiger partial charge is 0.339 e. The third-order valence-corrected chi connectivity index (χ3v) is 5.10. The summed E-state index contributed by atoms with van der Waals surface area (Å²) < 4.78 is 2.11. The Labute approximate surface area is 158 Å². The van der Waals surface area contributed by atoms with Gasteiger partial charge in [-0.25, -0.2) is 15.0 Å². The highest BCUT2D eigenvalue weighted by Crippen LogP contribution is 2.32. The van der Waals surface area contributed by atoms with Gasteiger partial charge in [-0.15, -0.1) is 0 Å². The van der Waals surface area contributed by atoms with Gasteiger partial charge in [-0.2, -0.15) is 10.4 Å². The number of aromatic nitrogens is 6. The molecule has 4 rings (SSSR count). The summed E-state index contributed by atoms with van der Waals surface area (Å²) >= 11 is 0. The molecular weight excluding hydrogens is 340 g/mol. The molecule has 0 saturated carbocycles. The monoisotopic (exact) mass is 364 g/mol. The van der Waals surface area contributed by atoms with E-state index < -0.39 is 0 Å². The van der Waals surface area contributed by atoms with E-state index in [-0.39, 0.29) is 11.6 Å². The number of aromatic amines is 1. The lowest BCUT2D eigenvalue weighted by Crippen LogP contribution is -2.31. The molecule has 8 heteroatoms. The average Bonchev–Trinajstić information content (AvgIpc) is 3.33. The highest BCUT2D eigenvalue weighted by molar-refractivity contribution is 5.85. The predicted molar refractivity (Wildman–Crippen MR) is 102 cm³/mol. The number of nitrogens with zero attached hydrogens (tertiary/aromatic N) is 7. The molecule has 3 aromatic rings. The molecule has 1 N–H and O–H groups in total. The maximum atomic E-state index is 9.59. The van der Waals surface area contributed by atoms with E-state index in [1.807, 2.05) is 13.3 Å². The molecular formula is C19H24N8. The van der Waals surface area contributed by atoms with Gasteiger partial charge in [0, 0.05) is 24.2 Å². The first-order valence-electron chi connectivity index (χ1n) is 9.28. The third kappa shape index (κ3) is 3.03. The fourth-order valence-electron chi connectivity index (χ4n) is 3.60. The second-order valence-corrected chi connectivity index (χ2v) is 8.11. The van der Waals surface area contributed by atoms with E-state index in [0.717, 1.165) is 42.0 Å². The Bertz CT molecular complexity index is 1020. The average molecular weight is 364 g/mol. The molecule has 1 saturated heterocycles. The SMILES string of the molecule is Cc1cn[nH]c1Cc1nc(N2CCC[C@@H]2C#N)c2c(ncn2C(C)(C)C)n1. The van der Waals surface area contributed by atoms with E-state index in [0.29, 0.717) is 17.9 Å². The summed E-state index contributed by atoms with van der Waals surface area (Å²) in [5.41, 5.74) is 3.49. The van der Waals surface area contributed by atoms with Crippen LogP contribution in [0.4, 0.5) is 5.82 Å². The van der Waals surface area contributed by atoms with Crippen LogP contribution in [0.2, 0.25) is 0 Å². The van der Waals surface area contributed by atoms with Gasteiger partial charge in [0.2, 0.25) is 0 Å². The Morgan fingerprint density at radius 2 is 2.15 bits per heavy atom. The summed E-state index contributed by atoms with van der Waals surface area (Å²) in [5, 5.41) is 16.7. The van der Waals surface area contributed by atoms with Crippen molar-refractivity contribution in [3.63, 3.8) is 0 Å². The van der Waals surface area contributed by atoms with Crippen LogP contribution in [0.3, 0.4) is 0 Å². The topological polar surface area (TPSA) is 99.3 Å². The number of hydrogen-bond donors (Lipinski definition) is 1. The number of hydrogen-bond acceptors (Lipinski definition) is 6. The van der Waals surface area contributed by atoms with Crippen molar-refractivity contribution in [3.05, 3.63) is 29.6 Å². The van der Waals surface area contributed by atoms with Crippen LogP contribution >= 0.6 is 0 Å². The second kappa shape index (κ2) is 6.34. The summed E-state index contributed by atoms with van der Waals surface area (Å²) in [4.78, 5) is 16.3. The van der Waals surface area contributed by atoms with Gasteiger partial charge in [-0.1, -0.05) is 0 Å². The van der Waals surface area contributed by atoms with E-state index in [1.54, 1.807) is 6.20 Å². The zero-order valence-corrected chi connectivity index (χ0v) is 16.2. The predicted octanol–water partition coefficient (Wildman–Crippen LogP) is 2.70. The molecule has 4 heterocycles. The Hall–Kier alpha value is -2.95. The molecule has 0 radical (unpaired) electrons. The smallest absolute Gasteiger partial charge is 0.183 e. The second-order valence-electron chi connectivity index (χ2n) is 8.11. The van der Waals surface area contributed by atoms with Gasteiger partial charge in [-0.3, -0.25) is 5.10 Å².